The van der Waals surface area contributed by atoms with Crippen LogP contribution in [-0.2, 0) is 4.79 Å². The van der Waals surface area contributed by atoms with Gasteiger partial charge in [-0.1, -0.05) is 0 Å². The fourth-order valence-corrected chi connectivity index (χ4v) is 5.20. The summed E-state index contributed by atoms with van der Waals surface area (Å²) in [6.45, 7) is 3.50. The van der Waals surface area contributed by atoms with Gasteiger partial charge in [-0.3, -0.25) is 4.79 Å². The van der Waals surface area contributed by atoms with Crippen LogP contribution in [0.3, 0.4) is 0 Å². The van der Waals surface area contributed by atoms with E-state index in [1.807, 2.05) is 13.8 Å². The highest BCUT2D eigenvalue weighted by molar-refractivity contribution is 5.81. The zero-order valence-corrected chi connectivity index (χ0v) is 13.0. The van der Waals surface area contributed by atoms with Crippen molar-refractivity contribution >= 4 is 12.0 Å². The van der Waals surface area contributed by atoms with Crippen molar-refractivity contribution in [1.29, 1.82) is 0 Å². The molecule has 0 saturated heterocycles. The fourth-order valence-electron chi connectivity index (χ4n) is 5.20. The summed E-state index contributed by atoms with van der Waals surface area (Å²) in [5, 5.41) is 12.2. The first-order valence-electron chi connectivity index (χ1n) is 8.17. The Kier molecular flexibility index (Phi) is 3.62. The van der Waals surface area contributed by atoms with E-state index >= 15 is 0 Å². The van der Waals surface area contributed by atoms with Gasteiger partial charge in [0.2, 0.25) is 0 Å². The Morgan fingerprint density at radius 3 is 2.00 bits per heavy atom. The first kappa shape index (κ1) is 14.7. The normalized spacial score (nSPS) is 36.8. The first-order chi connectivity index (χ1) is 9.87. The number of carbonyl (C=O) groups excluding carboxylic acids is 1. The lowest BCUT2D eigenvalue weighted by molar-refractivity contribution is -0.138. The average molecular weight is 294 g/mol. The molecule has 0 unspecified atom stereocenters. The number of carboxylic acid groups (broad SMARTS) is 1. The number of rotatable bonds is 4. The van der Waals surface area contributed by atoms with Crippen molar-refractivity contribution in [1.82, 2.24) is 10.2 Å². The predicted molar refractivity (Wildman–Crippen MR) is 78.9 cm³/mol. The molecule has 0 heterocycles. The van der Waals surface area contributed by atoms with Crippen molar-refractivity contribution in [3.8, 4) is 0 Å². The summed E-state index contributed by atoms with van der Waals surface area (Å²) < 4.78 is 0. The Morgan fingerprint density at radius 2 is 1.62 bits per heavy atom. The molecule has 0 atom stereocenters. The summed E-state index contributed by atoms with van der Waals surface area (Å²) in [6, 6.07) is -0.302. The van der Waals surface area contributed by atoms with Crippen LogP contribution in [0.5, 0.6) is 0 Å². The molecule has 0 radical (unpaired) electrons. The highest BCUT2D eigenvalue weighted by atomic mass is 16.4. The van der Waals surface area contributed by atoms with Gasteiger partial charge in [0.15, 0.2) is 0 Å². The van der Waals surface area contributed by atoms with Crippen molar-refractivity contribution < 1.29 is 14.7 Å². The van der Waals surface area contributed by atoms with E-state index in [-0.39, 0.29) is 24.2 Å². The number of urea groups is 1. The average Bonchev–Trinajstić information content (AvgIpc) is 2.32. The van der Waals surface area contributed by atoms with Crippen LogP contribution in [0.2, 0.25) is 0 Å². The van der Waals surface area contributed by atoms with Gasteiger partial charge in [-0.15, -0.1) is 0 Å². The molecular formula is C16H26N2O3. The topological polar surface area (TPSA) is 69.6 Å². The lowest BCUT2D eigenvalue weighted by Gasteiger charge is -2.57. The SMILES string of the molecule is CC(C)N(CC(=O)O)C(=O)NC12CC3CC(CC(C3)C1)C2. The highest BCUT2D eigenvalue weighted by Gasteiger charge is 2.51. The van der Waals surface area contributed by atoms with Crippen LogP contribution in [0.15, 0.2) is 0 Å². The molecule has 4 saturated carbocycles. The van der Waals surface area contributed by atoms with Crippen LogP contribution in [0.1, 0.15) is 52.4 Å². The molecule has 5 heteroatoms. The highest BCUT2D eigenvalue weighted by Crippen LogP contribution is 2.55. The standard InChI is InChI=1S/C16H26N2O3/c1-10(2)18(9-14(19)20)15(21)17-16-6-11-3-12(7-16)5-13(4-11)8-16/h10-13H,3-9H2,1-2H3,(H,17,21)(H,19,20). The van der Waals surface area contributed by atoms with Gasteiger partial charge in [-0.05, 0) is 70.1 Å². The maximum Gasteiger partial charge on any atom is 0.323 e. The third-order valence-electron chi connectivity index (χ3n) is 5.60. The van der Waals surface area contributed by atoms with E-state index < -0.39 is 5.97 Å². The molecule has 2 N–H and O–H groups in total. The molecule has 4 aliphatic rings. The van der Waals surface area contributed by atoms with E-state index in [4.69, 9.17) is 5.11 Å². The molecule has 4 bridgehead atoms. The number of hydrogen-bond acceptors (Lipinski definition) is 2. The van der Waals surface area contributed by atoms with E-state index in [0.717, 1.165) is 37.0 Å². The number of hydrogen-bond donors (Lipinski definition) is 2. The summed E-state index contributed by atoms with van der Waals surface area (Å²) >= 11 is 0. The van der Waals surface area contributed by atoms with Crippen LogP contribution in [0, 0.1) is 17.8 Å². The Bertz CT molecular complexity index is 412. The van der Waals surface area contributed by atoms with Gasteiger partial charge in [-0.2, -0.15) is 0 Å². The number of nitrogens with zero attached hydrogens (tertiary/aromatic N) is 1. The second-order valence-electron chi connectivity index (χ2n) is 7.74. The largest absolute Gasteiger partial charge is 0.480 e. The maximum absolute atomic E-state index is 12.6. The van der Waals surface area contributed by atoms with Crippen LogP contribution in [0.4, 0.5) is 4.79 Å². The van der Waals surface area contributed by atoms with Gasteiger partial charge in [0.25, 0.3) is 0 Å². The minimum Gasteiger partial charge on any atom is -0.480 e. The van der Waals surface area contributed by atoms with Gasteiger partial charge in [0, 0.05) is 11.6 Å². The Morgan fingerprint density at radius 1 is 1.14 bits per heavy atom. The molecule has 0 aliphatic heterocycles. The second kappa shape index (κ2) is 5.18. The van der Waals surface area contributed by atoms with Gasteiger partial charge in [0.1, 0.15) is 6.54 Å². The summed E-state index contributed by atoms with van der Waals surface area (Å²) in [5.74, 6) is 1.35. The van der Waals surface area contributed by atoms with Crippen molar-refractivity contribution in [2.24, 2.45) is 17.8 Å². The third kappa shape index (κ3) is 2.87. The molecule has 21 heavy (non-hydrogen) atoms. The lowest BCUT2D eigenvalue weighted by Crippen LogP contribution is -2.62. The third-order valence-corrected chi connectivity index (χ3v) is 5.60. The number of nitrogens with one attached hydrogen (secondary N) is 1. The van der Waals surface area contributed by atoms with Crippen LogP contribution in [0.25, 0.3) is 0 Å². The zero-order valence-electron chi connectivity index (χ0n) is 13.0. The van der Waals surface area contributed by atoms with Gasteiger partial charge < -0.3 is 15.3 Å². The van der Waals surface area contributed by atoms with Crippen LogP contribution < -0.4 is 5.32 Å². The van der Waals surface area contributed by atoms with E-state index in [1.165, 1.54) is 24.2 Å². The van der Waals surface area contributed by atoms with Crippen LogP contribution >= 0.6 is 0 Å². The zero-order chi connectivity index (χ0) is 15.2. The number of aliphatic carboxylic acids is 1. The summed E-state index contributed by atoms with van der Waals surface area (Å²) in [4.78, 5) is 24.9. The smallest absolute Gasteiger partial charge is 0.323 e. The number of carboxylic acids is 1. The Labute approximate surface area is 126 Å². The Balaban J connectivity index is 1.70. The van der Waals surface area contributed by atoms with Crippen molar-refractivity contribution in [3.05, 3.63) is 0 Å². The van der Waals surface area contributed by atoms with Gasteiger partial charge >= 0.3 is 12.0 Å². The fraction of sp³-hybridized carbons (Fsp3) is 0.875. The summed E-state index contributed by atoms with van der Waals surface area (Å²) in [6.07, 6.45) is 7.26. The van der Waals surface area contributed by atoms with E-state index in [1.54, 1.807) is 0 Å². The Hall–Kier alpha value is -1.26. The molecule has 0 aromatic heterocycles. The monoisotopic (exact) mass is 294 g/mol. The molecule has 0 spiro atoms. The second-order valence-corrected chi connectivity index (χ2v) is 7.74. The van der Waals surface area contributed by atoms with Crippen LogP contribution in [-0.4, -0.2) is 40.1 Å². The lowest BCUT2D eigenvalue weighted by atomic mass is 9.53. The summed E-state index contributed by atoms with van der Waals surface area (Å²) in [7, 11) is 0. The van der Waals surface area contributed by atoms with E-state index in [2.05, 4.69) is 5.32 Å². The molecule has 4 fully saturated rings. The van der Waals surface area contributed by atoms with Crippen molar-refractivity contribution in [2.45, 2.75) is 64.0 Å². The minimum absolute atomic E-state index is 0.0581. The molecule has 118 valence electrons. The predicted octanol–water partition coefficient (Wildman–Crippen LogP) is 2.46. The molecule has 2 amide bonds. The maximum atomic E-state index is 12.6. The minimum atomic E-state index is -0.954. The van der Waals surface area contributed by atoms with E-state index in [9.17, 15) is 9.59 Å². The molecule has 0 aromatic rings. The van der Waals surface area contributed by atoms with Gasteiger partial charge in [0.05, 0.1) is 0 Å². The first-order valence-corrected chi connectivity index (χ1v) is 8.17. The number of carbonyl (C=O) groups is 2. The van der Waals surface area contributed by atoms with E-state index in [0.29, 0.717) is 0 Å². The van der Waals surface area contributed by atoms with Crippen molar-refractivity contribution in [2.75, 3.05) is 6.54 Å². The van der Waals surface area contributed by atoms with Crippen molar-refractivity contribution in [3.63, 3.8) is 0 Å². The molecular weight excluding hydrogens is 268 g/mol. The molecule has 4 rings (SSSR count). The van der Waals surface area contributed by atoms with Gasteiger partial charge in [-0.25, -0.2) is 4.79 Å². The molecule has 5 nitrogen and oxygen atoms in total. The quantitative estimate of drug-likeness (QED) is 0.837. The number of amides is 2. The molecule has 4 aliphatic carbocycles. The molecule has 0 aromatic carbocycles. The summed E-state index contributed by atoms with van der Waals surface area (Å²) in [5.41, 5.74) is -0.0581.